The average Bonchev–Trinajstić information content (AvgIpc) is 2.98. The molecule has 2 saturated heterocycles. The zero-order valence-corrected chi connectivity index (χ0v) is 14.0. The van der Waals surface area contributed by atoms with Crippen LogP contribution >= 0.6 is 0 Å². The maximum Gasteiger partial charge on any atom is 0.249 e. The van der Waals surface area contributed by atoms with E-state index in [-0.39, 0.29) is 37.1 Å². The lowest BCUT2D eigenvalue weighted by Crippen LogP contribution is -2.55. The molecule has 1 aromatic rings. The van der Waals surface area contributed by atoms with Crippen LogP contribution in [0.3, 0.4) is 0 Å². The number of fused-ring (bicyclic) bond motifs is 1. The lowest BCUT2D eigenvalue weighted by molar-refractivity contribution is -0.158. The predicted octanol–water partition coefficient (Wildman–Crippen LogP) is -0.252. The van der Waals surface area contributed by atoms with Crippen LogP contribution in [-0.4, -0.2) is 83.5 Å². The Labute approximate surface area is 141 Å². The minimum atomic E-state index is -0.0120. The highest BCUT2D eigenvalue weighted by molar-refractivity contribution is 5.79. The van der Waals surface area contributed by atoms with E-state index in [0.717, 1.165) is 12.8 Å². The standard InChI is InChI=1S/C16H24N4O4/c1-23-10-9-20-13-3-7-18(8-4-14(13)24-12-16(20)22)15(21)11-19-6-2-5-17-19/h2,5-6,13-14H,3-4,7-12H2,1H3/t13-,14-/m0/s1. The molecule has 0 bridgehead atoms. The average molecular weight is 336 g/mol. The molecular weight excluding hydrogens is 312 g/mol. The van der Waals surface area contributed by atoms with E-state index in [0.29, 0.717) is 26.2 Å². The van der Waals surface area contributed by atoms with Gasteiger partial charge in [0.15, 0.2) is 0 Å². The van der Waals surface area contributed by atoms with E-state index in [9.17, 15) is 9.59 Å². The molecule has 0 radical (unpaired) electrons. The molecule has 2 amide bonds. The predicted molar refractivity (Wildman–Crippen MR) is 85.2 cm³/mol. The van der Waals surface area contributed by atoms with Crippen LogP contribution in [0, 0.1) is 0 Å². The second-order valence-electron chi connectivity index (χ2n) is 6.16. The molecule has 1 aromatic heterocycles. The van der Waals surface area contributed by atoms with Gasteiger partial charge in [0, 0.05) is 39.1 Å². The number of rotatable bonds is 5. The molecule has 0 spiro atoms. The summed E-state index contributed by atoms with van der Waals surface area (Å²) < 4.78 is 12.5. The van der Waals surface area contributed by atoms with E-state index in [1.807, 2.05) is 9.80 Å². The Kier molecular flexibility index (Phi) is 5.47. The van der Waals surface area contributed by atoms with Gasteiger partial charge in [0.05, 0.1) is 18.8 Å². The number of hydrogen-bond acceptors (Lipinski definition) is 5. The summed E-state index contributed by atoms with van der Waals surface area (Å²) in [6.45, 7) is 2.72. The zero-order valence-electron chi connectivity index (χ0n) is 14.0. The fraction of sp³-hybridized carbons (Fsp3) is 0.688. The van der Waals surface area contributed by atoms with Crippen LogP contribution in [-0.2, 0) is 25.6 Å². The number of hydrogen-bond donors (Lipinski definition) is 0. The van der Waals surface area contributed by atoms with Gasteiger partial charge in [-0.3, -0.25) is 14.3 Å². The minimum absolute atomic E-state index is 0.00428. The first kappa shape index (κ1) is 16.9. The van der Waals surface area contributed by atoms with Gasteiger partial charge in [0.2, 0.25) is 11.8 Å². The highest BCUT2D eigenvalue weighted by Crippen LogP contribution is 2.24. The van der Waals surface area contributed by atoms with E-state index in [2.05, 4.69) is 5.10 Å². The second kappa shape index (κ2) is 7.76. The van der Waals surface area contributed by atoms with Crippen molar-refractivity contribution >= 4 is 11.8 Å². The number of carbonyl (C=O) groups is 2. The van der Waals surface area contributed by atoms with Crippen molar-refractivity contribution in [2.75, 3.05) is 40.0 Å². The lowest BCUT2D eigenvalue weighted by atomic mass is 10.0. The molecule has 2 aliphatic rings. The normalized spacial score (nSPS) is 24.6. The number of ether oxygens (including phenoxy) is 2. The van der Waals surface area contributed by atoms with Gasteiger partial charge in [-0.1, -0.05) is 0 Å². The molecule has 2 atom stereocenters. The quantitative estimate of drug-likeness (QED) is 0.741. The molecule has 2 fully saturated rings. The Balaban J connectivity index is 1.62. The van der Waals surface area contributed by atoms with E-state index in [1.54, 1.807) is 30.3 Å². The molecule has 3 heterocycles. The largest absolute Gasteiger partial charge is 0.383 e. The third-order valence-electron chi connectivity index (χ3n) is 4.69. The first-order valence-electron chi connectivity index (χ1n) is 8.34. The Morgan fingerprint density at radius 1 is 1.42 bits per heavy atom. The van der Waals surface area contributed by atoms with E-state index in [1.165, 1.54) is 0 Å². The topological polar surface area (TPSA) is 76.9 Å². The van der Waals surface area contributed by atoms with Crippen LogP contribution in [0.4, 0.5) is 0 Å². The lowest BCUT2D eigenvalue weighted by Gasteiger charge is -2.40. The Morgan fingerprint density at radius 2 is 2.25 bits per heavy atom. The van der Waals surface area contributed by atoms with Gasteiger partial charge in [-0.25, -0.2) is 0 Å². The number of nitrogens with zero attached hydrogens (tertiary/aromatic N) is 4. The van der Waals surface area contributed by atoms with Crippen molar-refractivity contribution in [2.45, 2.75) is 31.5 Å². The summed E-state index contributed by atoms with van der Waals surface area (Å²) >= 11 is 0. The molecule has 0 unspecified atom stereocenters. The minimum Gasteiger partial charge on any atom is -0.383 e. The SMILES string of the molecule is COCCN1C(=O)CO[C@H]2CCN(C(=O)Cn3cccn3)CC[C@@H]21. The van der Waals surface area contributed by atoms with Gasteiger partial charge in [0.25, 0.3) is 0 Å². The summed E-state index contributed by atoms with van der Waals surface area (Å²) in [6, 6.07) is 1.82. The van der Waals surface area contributed by atoms with Gasteiger partial charge in [-0.15, -0.1) is 0 Å². The summed E-state index contributed by atoms with van der Waals surface area (Å²) in [5.41, 5.74) is 0. The first-order valence-corrected chi connectivity index (χ1v) is 8.34. The Morgan fingerprint density at radius 3 is 3.00 bits per heavy atom. The van der Waals surface area contributed by atoms with Gasteiger partial charge in [-0.2, -0.15) is 5.10 Å². The molecule has 0 aliphatic carbocycles. The molecule has 8 heteroatoms. The van der Waals surface area contributed by atoms with E-state index >= 15 is 0 Å². The van der Waals surface area contributed by atoms with Crippen molar-refractivity contribution in [1.82, 2.24) is 19.6 Å². The van der Waals surface area contributed by atoms with Crippen molar-refractivity contribution in [3.63, 3.8) is 0 Å². The molecule has 3 rings (SSSR count). The van der Waals surface area contributed by atoms with Crippen molar-refractivity contribution in [2.24, 2.45) is 0 Å². The number of methoxy groups -OCH3 is 1. The van der Waals surface area contributed by atoms with Crippen LogP contribution < -0.4 is 0 Å². The highest BCUT2D eigenvalue weighted by atomic mass is 16.5. The van der Waals surface area contributed by atoms with Crippen LogP contribution in [0.1, 0.15) is 12.8 Å². The Bertz CT molecular complexity index is 562. The molecule has 2 aliphatic heterocycles. The zero-order chi connectivity index (χ0) is 16.9. The van der Waals surface area contributed by atoms with Gasteiger partial charge in [-0.05, 0) is 18.9 Å². The van der Waals surface area contributed by atoms with Crippen molar-refractivity contribution in [1.29, 1.82) is 0 Å². The molecule has 24 heavy (non-hydrogen) atoms. The van der Waals surface area contributed by atoms with Crippen LogP contribution in [0.15, 0.2) is 18.5 Å². The summed E-state index contributed by atoms with van der Waals surface area (Å²) in [6.07, 6.45) is 4.90. The maximum absolute atomic E-state index is 12.5. The van der Waals surface area contributed by atoms with Crippen LogP contribution in [0.5, 0.6) is 0 Å². The number of likely N-dealkylation sites (tertiary alicyclic amines) is 1. The smallest absolute Gasteiger partial charge is 0.249 e. The third kappa shape index (κ3) is 3.76. The van der Waals surface area contributed by atoms with Crippen LogP contribution in [0.2, 0.25) is 0 Å². The third-order valence-corrected chi connectivity index (χ3v) is 4.69. The molecule has 0 saturated carbocycles. The number of amides is 2. The first-order chi connectivity index (χ1) is 11.7. The Hall–Kier alpha value is -1.93. The van der Waals surface area contributed by atoms with Crippen LogP contribution in [0.25, 0.3) is 0 Å². The molecule has 0 N–H and O–H groups in total. The van der Waals surface area contributed by atoms with E-state index in [4.69, 9.17) is 9.47 Å². The van der Waals surface area contributed by atoms with Gasteiger partial charge in [0.1, 0.15) is 13.2 Å². The summed E-state index contributed by atoms with van der Waals surface area (Å²) in [5, 5.41) is 4.08. The number of morpholine rings is 1. The number of carbonyl (C=O) groups excluding carboxylic acids is 2. The van der Waals surface area contributed by atoms with Gasteiger partial charge < -0.3 is 19.3 Å². The van der Waals surface area contributed by atoms with E-state index < -0.39 is 0 Å². The fourth-order valence-electron chi connectivity index (χ4n) is 3.42. The molecular formula is C16H24N4O4. The van der Waals surface area contributed by atoms with Crippen molar-refractivity contribution in [3.8, 4) is 0 Å². The van der Waals surface area contributed by atoms with Crippen molar-refractivity contribution in [3.05, 3.63) is 18.5 Å². The maximum atomic E-state index is 12.5. The van der Waals surface area contributed by atoms with Crippen molar-refractivity contribution < 1.29 is 19.1 Å². The summed E-state index contributed by atoms with van der Waals surface area (Å²) in [4.78, 5) is 28.3. The summed E-state index contributed by atoms with van der Waals surface area (Å²) in [7, 11) is 1.63. The van der Waals surface area contributed by atoms with Gasteiger partial charge >= 0.3 is 0 Å². The molecule has 132 valence electrons. The highest BCUT2D eigenvalue weighted by Gasteiger charge is 2.38. The summed E-state index contributed by atoms with van der Waals surface area (Å²) in [5.74, 6) is 0.0525. The molecule has 8 nitrogen and oxygen atoms in total. The number of aromatic nitrogens is 2. The second-order valence-corrected chi connectivity index (χ2v) is 6.16. The monoisotopic (exact) mass is 336 g/mol. The fourth-order valence-corrected chi connectivity index (χ4v) is 3.42. The molecule has 0 aromatic carbocycles.